The Hall–Kier alpha value is -1.57. The Kier molecular flexibility index (Phi) is 3.09. The molecule has 0 atom stereocenters. The van der Waals surface area contributed by atoms with Crippen molar-refractivity contribution in [2.75, 3.05) is 16.8 Å². The van der Waals surface area contributed by atoms with Gasteiger partial charge in [0.15, 0.2) is 0 Å². The summed E-state index contributed by atoms with van der Waals surface area (Å²) in [6, 6.07) is 9.54. The van der Waals surface area contributed by atoms with E-state index in [9.17, 15) is 0 Å². The van der Waals surface area contributed by atoms with Crippen molar-refractivity contribution in [2.24, 2.45) is 0 Å². The zero-order valence-corrected chi connectivity index (χ0v) is 10.5. The lowest BCUT2D eigenvalue weighted by Crippen LogP contribution is -2.02. The molecule has 6 heteroatoms. The van der Waals surface area contributed by atoms with Gasteiger partial charge in [0.05, 0.1) is 0 Å². The molecule has 2 rings (SSSR count). The third-order valence-corrected chi connectivity index (χ3v) is 2.53. The second-order valence-electron chi connectivity index (χ2n) is 3.17. The number of hydrogen-bond acceptors (Lipinski definition) is 5. The first-order valence-electron chi connectivity index (χ1n) is 4.56. The zero-order chi connectivity index (χ0) is 11.5. The molecule has 1 heterocycles. The van der Waals surface area contributed by atoms with E-state index >= 15 is 0 Å². The first-order valence-corrected chi connectivity index (χ1v) is 5.64. The summed E-state index contributed by atoms with van der Waals surface area (Å²) in [4.78, 5) is 7.83. The minimum absolute atomic E-state index is 0.160. The molecule has 0 spiro atoms. The Balaban J connectivity index is 2.27. The lowest BCUT2D eigenvalue weighted by Gasteiger charge is -2.06. The molecule has 0 unspecified atom stereocenters. The molecule has 0 aliphatic rings. The molecular formula is C10H10IN5. The first-order chi connectivity index (χ1) is 7.63. The molecular weight excluding hydrogens is 317 g/mol. The fourth-order valence-electron chi connectivity index (χ4n) is 1.26. The number of aromatic nitrogens is 2. The molecule has 0 saturated heterocycles. The quantitative estimate of drug-likeness (QED) is 0.734. The smallest absolute Gasteiger partial charge is 0.223 e. The molecule has 0 amide bonds. The van der Waals surface area contributed by atoms with Crippen molar-refractivity contribution in [1.29, 1.82) is 0 Å². The Bertz CT molecular complexity index is 494. The summed E-state index contributed by atoms with van der Waals surface area (Å²) in [5.41, 5.74) is 12.0. The predicted octanol–water partition coefficient (Wildman–Crippen LogP) is 1.99. The summed E-state index contributed by atoms with van der Waals surface area (Å²) in [7, 11) is 0. The van der Waals surface area contributed by atoms with E-state index in [1.165, 1.54) is 0 Å². The summed E-state index contributed by atoms with van der Waals surface area (Å²) < 4.78 is 1.14. The van der Waals surface area contributed by atoms with Crippen LogP contribution in [0.2, 0.25) is 0 Å². The highest BCUT2D eigenvalue weighted by Crippen LogP contribution is 2.18. The minimum atomic E-state index is 0.160. The largest absolute Gasteiger partial charge is 0.383 e. The van der Waals surface area contributed by atoms with Crippen LogP contribution in [-0.4, -0.2) is 9.97 Å². The van der Waals surface area contributed by atoms with Crippen molar-refractivity contribution >= 4 is 45.9 Å². The second-order valence-corrected chi connectivity index (χ2v) is 4.42. The van der Waals surface area contributed by atoms with Crippen LogP contribution >= 0.6 is 22.6 Å². The number of rotatable bonds is 2. The summed E-state index contributed by atoms with van der Waals surface area (Å²) in [6.45, 7) is 0. The standard InChI is InChI=1S/C10H10IN5/c11-6-2-1-3-7(4-6)14-9-5-8(12)15-10(13)16-9/h1-5H,(H5,12,13,14,15,16). The summed E-state index contributed by atoms with van der Waals surface area (Å²) in [5.74, 6) is 1.10. The predicted molar refractivity (Wildman–Crippen MR) is 73.3 cm³/mol. The van der Waals surface area contributed by atoms with Crippen molar-refractivity contribution in [1.82, 2.24) is 9.97 Å². The van der Waals surface area contributed by atoms with Gasteiger partial charge in [-0.15, -0.1) is 0 Å². The number of nitrogen functional groups attached to an aromatic ring is 2. The zero-order valence-electron chi connectivity index (χ0n) is 8.31. The lowest BCUT2D eigenvalue weighted by molar-refractivity contribution is 1.19. The highest BCUT2D eigenvalue weighted by Gasteiger charge is 2.00. The number of nitrogens with two attached hydrogens (primary N) is 2. The van der Waals surface area contributed by atoms with E-state index in [0.29, 0.717) is 11.6 Å². The number of anilines is 4. The minimum Gasteiger partial charge on any atom is -0.383 e. The molecule has 16 heavy (non-hydrogen) atoms. The fourth-order valence-corrected chi connectivity index (χ4v) is 1.81. The molecule has 0 bridgehead atoms. The van der Waals surface area contributed by atoms with Crippen LogP contribution in [0.1, 0.15) is 0 Å². The van der Waals surface area contributed by atoms with Gasteiger partial charge < -0.3 is 16.8 Å². The van der Waals surface area contributed by atoms with Gasteiger partial charge in [0.1, 0.15) is 11.6 Å². The molecule has 0 radical (unpaired) electrons. The van der Waals surface area contributed by atoms with Crippen LogP contribution in [0.5, 0.6) is 0 Å². The molecule has 5 N–H and O–H groups in total. The van der Waals surface area contributed by atoms with Gasteiger partial charge in [0.2, 0.25) is 5.95 Å². The molecule has 82 valence electrons. The lowest BCUT2D eigenvalue weighted by atomic mass is 10.3. The summed E-state index contributed by atoms with van der Waals surface area (Å²) >= 11 is 2.24. The van der Waals surface area contributed by atoms with Gasteiger partial charge in [-0.25, -0.2) is 0 Å². The van der Waals surface area contributed by atoms with E-state index < -0.39 is 0 Å². The van der Waals surface area contributed by atoms with Crippen LogP contribution in [0.15, 0.2) is 30.3 Å². The summed E-state index contributed by atoms with van der Waals surface area (Å²) in [5, 5.41) is 3.11. The van der Waals surface area contributed by atoms with Crippen LogP contribution in [-0.2, 0) is 0 Å². The molecule has 5 nitrogen and oxygen atoms in total. The van der Waals surface area contributed by atoms with E-state index in [4.69, 9.17) is 11.5 Å². The van der Waals surface area contributed by atoms with Gasteiger partial charge in [-0.3, -0.25) is 0 Å². The van der Waals surface area contributed by atoms with Crippen molar-refractivity contribution in [2.45, 2.75) is 0 Å². The first kappa shape index (κ1) is 10.9. The molecule has 1 aromatic carbocycles. The average molecular weight is 327 g/mol. The number of benzene rings is 1. The van der Waals surface area contributed by atoms with Gasteiger partial charge in [-0.1, -0.05) is 6.07 Å². The normalized spacial score (nSPS) is 10.1. The Morgan fingerprint density at radius 3 is 2.62 bits per heavy atom. The highest BCUT2D eigenvalue weighted by molar-refractivity contribution is 14.1. The molecule has 0 fully saturated rings. The molecule has 0 aliphatic carbocycles. The fraction of sp³-hybridized carbons (Fsp3) is 0. The van der Waals surface area contributed by atoms with E-state index in [1.54, 1.807) is 6.07 Å². The van der Waals surface area contributed by atoms with Crippen LogP contribution in [0.4, 0.5) is 23.3 Å². The number of halogens is 1. The maximum atomic E-state index is 5.57. The number of nitrogens with zero attached hydrogens (tertiary/aromatic N) is 2. The maximum Gasteiger partial charge on any atom is 0.223 e. The number of hydrogen-bond donors (Lipinski definition) is 3. The molecule has 2 aromatic rings. The number of nitrogens with one attached hydrogen (secondary N) is 1. The van der Waals surface area contributed by atoms with Gasteiger partial charge in [0.25, 0.3) is 0 Å². The SMILES string of the molecule is Nc1cc(Nc2cccc(I)c2)nc(N)n1. The summed E-state index contributed by atoms with van der Waals surface area (Å²) in [6.07, 6.45) is 0. The van der Waals surface area contributed by atoms with Crippen LogP contribution < -0.4 is 16.8 Å². The van der Waals surface area contributed by atoms with Crippen molar-refractivity contribution in [3.8, 4) is 0 Å². The average Bonchev–Trinajstić information content (AvgIpc) is 2.15. The monoisotopic (exact) mass is 327 g/mol. The van der Waals surface area contributed by atoms with Gasteiger partial charge >= 0.3 is 0 Å². The van der Waals surface area contributed by atoms with E-state index in [-0.39, 0.29) is 5.95 Å². The van der Waals surface area contributed by atoms with Crippen molar-refractivity contribution in [3.05, 3.63) is 33.9 Å². The molecule has 0 aliphatic heterocycles. The van der Waals surface area contributed by atoms with E-state index in [1.807, 2.05) is 24.3 Å². The highest BCUT2D eigenvalue weighted by atomic mass is 127. The maximum absolute atomic E-state index is 5.57. The van der Waals surface area contributed by atoms with E-state index in [2.05, 4.69) is 37.9 Å². The Morgan fingerprint density at radius 2 is 1.94 bits per heavy atom. The molecule has 0 saturated carbocycles. The van der Waals surface area contributed by atoms with Gasteiger partial charge in [0, 0.05) is 15.3 Å². The topological polar surface area (TPSA) is 89.8 Å². The van der Waals surface area contributed by atoms with Crippen molar-refractivity contribution in [3.63, 3.8) is 0 Å². The third-order valence-electron chi connectivity index (χ3n) is 1.86. The van der Waals surface area contributed by atoms with Gasteiger partial charge in [-0.05, 0) is 40.8 Å². The van der Waals surface area contributed by atoms with Crippen LogP contribution in [0.3, 0.4) is 0 Å². The van der Waals surface area contributed by atoms with E-state index in [0.717, 1.165) is 9.26 Å². The molecule has 1 aromatic heterocycles. The Morgan fingerprint density at radius 1 is 1.12 bits per heavy atom. The van der Waals surface area contributed by atoms with Crippen LogP contribution in [0, 0.1) is 3.57 Å². The van der Waals surface area contributed by atoms with Crippen LogP contribution in [0.25, 0.3) is 0 Å². The van der Waals surface area contributed by atoms with Crippen molar-refractivity contribution < 1.29 is 0 Å². The second kappa shape index (κ2) is 4.52. The Labute approximate surface area is 106 Å². The van der Waals surface area contributed by atoms with Gasteiger partial charge in [-0.2, -0.15) is 9.97 Å². The third kappa shape index (κ3) is 2.72.